The molecule has 7 heteroatoms. The molecule has 0 aliphatic heterocycles. The second kappa shape index (κ2) is 5.66. The van der Waals surface area contributed by atoms with Crippen LogP contribution < -0.4 is 5.32 Å². The van der Waals surface area contributed by atoms with Crippen molar-refractivity contribution in [1.29, 1.82) is 0 Å². The molecule has 4 aromatic rings. The second-order valence-electron chi connectivity index (χ2n) is 4.93. The van der Waals surface area contributed by atoms with Crippen molar-refractivity contribution in [2.45, 2.75) is 0 Å². The highest BCUT2D eigenvalue weighted by molar-refractivity contribution is 6.31. The van der Waals surface area contributed by atoms with Crippen molar-refractivity contribution in [1.82, 2.24) is 25.6 Å². The van der Waals surface area contributed by atoms with Gasteiger partial charge in [-0.2, -0.15) is 5.21 Å². The number of aromatic amines is 1. The Hall–Kier alpha value is -2.99. The van der Waals surface area contributed by atoms with Gasteiger partial charge in [0.05, 0.1) is 5.52 Å². The summed E-state index contributed by atoms with van der Waals surface area (Å²) in [7, 11) is 0. The highest BCUT2D eigenvalue weighted by atomic mass is 35.5. The number of tetrazole rings is 1. The number of para-hydroxylation sites is 1. The largest absolute Gasteiger partial charge is 0.354 e. The maximum atomic E-state index is 6.04. The molecule has 0 aliphatic rings. The van der Waals surface area contributed by atoms with E-state index in [1.807, 2.05) is 48.5 Å². The molecule has 6 nitrogen and oxygen atoms in total. The van der Waals surface area contributed by atoms with E-state index in [9.17, 15) is 0 Å². The minimum absolute atomic E-state index is 0.537. The molecule has 0 aliphatic carbocycles. The van der Waals surface area contributed by atoms with Gasteiger partial charge in [-0.05, 0) is 41.6 Å². The summed E-state index contributed by atoms with van der Waals surface area (Å²) in [5.41, 5.74) is 3.51. The van der Waals surface area contributed by atoms with Crippen molar-refractivity contribution in [2.24, 2.45) is 0 Å². The zero-order valence-corrected chi connectivity index (χ0v) is 12.6. The molecular weight excluding hydrogens is 312 g/mol. The van der Waals surface area contributed by atoms with Crippen LogP contribution in [0.3, 0.4) is 0 Å². The van der Waals surface area contributed by atoms with Gasteiger partial charge in [-0.15, -0.1) is 10.2 Å². The van der Waals surface area contributed by atoms with Gasteiger partial charge in [0.1, 0.15) is 0 Å². The number of benzene rings is 2. The molecule has 112 valence electrons. The summed E-state index contributed by atoms with van der Waals surface area (Å²) in [6, 6.07) is 15.3. The lowest BCUT2D eigenvalue weighted by molar-refractivity contribution is 0.881. The van der Waals surface area contributed by atoms with Crippen molar-refractivity contribution < 1.29 is 0 Å². The lowest BCUT2D eigenvalue weighted by Gasteiger charge is -2.12. The minimum atomic E-state index is 0.537. The number of nitrogens with zero attached hydrogens (tertiary/aromatic N) is 4. The van der Waals surface area contributed by atoms with E-state index in [4.69, 9.17) is 11.6 Å². The van der Waals surface area contributed by atoms with E-state index >= 15 is 0 Å². The maximum absolute atomic E-state index is 6.04. The van der Waals surface area contributed by atoms with Crippen LogP contribution in [0.5, 0.6) is 0 Å². The van der Waals surface area contributed by atoms with E-state index in [1.165, 1.54) is 0 Å². The number of fused-ring (bicyclic) bond motifs is 1. The van der Waals surface area contributed by atoms with Crippen LogP contribution >= 0.6 is 11.6 Å². The molecular formula is C16H11ClN6. The Kier molecular flexibility index (Phi) is 3.36. The Balaban J connectivity index is 1.80. The zero-order valence-electron chi connectivity index (χ0n) is 11.9. The number of halogens is 1. The number of anilines is 2. The summed E-state index contributed by atoms with van der Waals surface area (Å²) < 4.78 is 0. The number of hydrogen-bond donors (Lipinski definition) is 2. The summed E-state index contributed by atoms with van der Waals surface area (Å²) in [5, 5.41) is 19.2. The van der Waals surface area contributed by atoms with Crippen LogP contribution in [0.15, 0.2) is 54.7 Å². The first kappa shape index (κ1) is 13.7. The molecule has 2 aromatic carbocycles. The van der Waals surface area contributed by atoms with E-state index in [1.54, 1.807) is 6.20 Å². The van der Waals surface area contributed by atoms with Crippen molar-refractivity contribution in [2.75, 3.05) is 5.32 Å². The van der Waals surface area contributed by atoms with Crippen molar-refractivity contribution in [3.8, 4) is 11.4 Å². The number of pyridine rings is 1. The van der Waals surface area contributed by atoms with Gasteiger partial charge >= 0.3 is 0 Å². The fourth-order valence-corrected chi connectivity index (χ4v) is 2.60. The molecule has 0 radical (unpaired) electrons. The minimum Gasteiger partial charge on any atom is -0.354 e. The lowest BCUT2D eigenvalue weighted by atomic mass is 10.1. The molecule has 23 heavy (non-hydrogen) atoms. The van der Waals surface area contributed by atoms with Crippen LogP contribution in [0.1, 0.15) is 0 Å². The molecule has 0 bridgehead atoms. The van der Waals surface area contributed by atoms with Gasteiger partial charge in [0, 0.05) is 33.5 Å². The Morgan fingerprint density at radius 1 is 1.00 bits per heavy atom. The normalized spacial score (nSPS) is 10.8. The topological polar surface area (TPSA) is 79.4 Å². The quantitative estimate of drug-likeness (QED) is 0.599. The summed E-state index contributed by atoms with van der Waals surface area (Å²) in [6.45, 7) is 0. The van der Waals surface area contributed by atoms with Gasteiger partial charge in [-0.25, -0.2) is 0 Å². The van der Waals surface area contributed by atoms with Crippen LogP contribution in [0, 0.1) is 0 Å². The highest BCUT2D eigenvalue weighted by Gasteiger charge is 2.10. The van der Waals surface area contributed by atoms with E-state index < -0.39 is 0 Å². The van der Waals surface area contributed by atoms with Crippen LogP contribution in [-0.4, -0.2) is 25.6 Å². The van der Waals surface area contributed by atoms with Crippen LogP contribution in [-0.2, 0) is 0 Å². The van der Waals surface area contributed by atoms with Gasteiger partial charge in [0.15, 0.2) is 0 Å². The Morgan fingerprint density at radius 3 is 2.78 bits per heavy atom. The third-order valence-electron chi connectivity index (χ3n) is 3.49. The van der Waals surface area contributed by atoms with Crippen molar-refractivity contribution >= 4 is 33.9 Å². The van der Waals surface area contributed by atoms with Gasteiger partial charge in [-0.3, -0.25) is 4.98 Å². The number of aromatic nitrogens is 5. The summed E-state index contributed by atoms with van der Waals surface area (Å²) in [5.74, 6) is 0.537. The third-order valence-corrected chi connectivity index (χ3v) is 3.72. The number of rotatable bonds is 3. The molecule has 0 fully saturated rings. The number of nitrogens with one attached hydrogen (secondary N) is 2. The fourth-order valence-electron chi connectivity index (χ4n) is 2.44. The fraction of sp³-hybridized carbons (Fsp3) is 0. The molecule has 0 unspecified atom stereocenters. The third kappa shape index (κ3) is 2.60. The second-order valence-corrected chi connectivity index (χ2v) is 5.36. The molecule has 0 saturated carbocycles. The first-order valence-electron chi connectivity index (χ1n) is 6.95. The molecule has 2 heterocycles. The molecule has 2 aromatic heterocycles. The van der Waals surface area contributed by atoms with Crippen LogP contribution in [0.4, 0.5) is 11.4 Å². The van der Waals surface area contributed by atoms with E-state index in [-0.39, 0.29) is 0 Å². The van der Waals surface area contributed by atoms with E-state index in [0.29, 0.717) is 10.8 Å². The van der Waals surface area contributed by atoms with Crippen molar-refractivity contribution in [3.63, 3.8) is 0 Å². The van der Waals surface area contributed by atoms with Gasteiger partial charge in [0.2, 0.25) is 5.82 Å². The van der Waals surface area contributed by atoms with Gasteiger partial charge < -0.3 is 5.32 Å². The average molecular weight is 323 g/mol. The molecule has 0 spiro atoms. The SMILES string of the molecule is Clc1ccc2c(Nc3ccccc3-c3nn[nH]n3)ccnc2c1. The number of hydrogen-bond acceptors (Lipinski definition) is 5. The van der Waals surface area contributed by atoms with Gasteiger partial charge in [0.25, 0.3) is 0 Å². The maximum Gasteiger partial charge on any atom is 0.206 e. The average Bonchev–Trinajstić information content (AvgIpc) is 3.09. The van der Waals surface area contributed by atoms with Crippen molar-refractivity contribution in [3.05, 3.63) is 59.8 Å². The highest BCUT2D eigenvalue weighted by Crippen LogP contribution is 2.31. The Morgan fingerprint density at radius 2 is 1.91 bits per heavy atom. The Bertz CT molecular complexity index is 967. The summed E-state index contributed by atoms with van der Waals surface area (Å²) >= 11 is 6.04. The van der Waals surface area contributed by atoms with E-state index in [2.05, 4.69) is 30.9 Å². The molecule has 0 atom stereocenters. The van der Waals surface area contributed by atoms with Gasteiger partial charge in [-0.1, -0.05) is 23.7 Å². The summed E-state index contributed by atoms with van der Waals surface area (Å²) in [6.07, 6.45) is 1.75. The van der Waals surface area contributed by atoms with Crippen LogP contribution in [0.25, 0.3) is 22.3 Å². The standard InChI is InChI=1S/C16H11ClN6/c17-10-5-6-11-14(7-8-18-15(11)9-10)19-13-4-2-1-3-12(13)16-20-22-23-21-16/h1-9H,(H,18,19)(H,20,21,22,23). The lowest BCUT2D eigenvalue weighted by Crippen LogP contribution is -1.96. The smallest absolute Gasteiger partial charge is 0.206 e. The zero-order chi connectivity index (χ0) is 15.6. The summed E-state index contributed by atoms with van der Waals surface area (Å²) in [4.78, 5) is 4.35. The molecule has 2 N–H and O–H groups in total. The monoisotopic (exact) mass is 322 g/mol. The van der Waals surface area contributed by atoms with E-state index in [0.717, 1.165) is 27.8 Å². The first-order valence-corrected chi connectivity index (χ1v) is 7.33. The van der Waals surface area contributed by atoms with Crippen LogP contribution in [0.2, 0.25) is 5.02 Å². The Labute approximate surface area is 136 Å². The first-order chi connectivity index (χ1) is 11.3. The molecule has 0 saturated heterocycles. The molecule has 0 amide bonds. The molecule has 4 rings (SSSR count). The predicted molar refractivity (Wildman–Crippen MR) is 89.6 cm³/mol. The predicted octanol–water partition coefficient (Wildman–Crippen LogP) is 3.81. The number of H-pyrrole nitrogens is 1.